The Morgan fingerprint density at radius 1 is 1.08 bits per heavy atom. The standard InChI is InChI=1S/C20H24N2O4/c23-18(21-12-15-7-4-10-26-15)13-5-3-6-14(11-13)22-19(24)16-8-1-2-9-17(16)20(22)25/h3,5-6,11,15-17H,1-2,4,7-10,12H2,(H,21,23)/t15-,16-,17+/m0/s1. The molecular weight excluding hydrogens is 332 g/mol. The summed E-state index contributed by atoms with van der Waals surface area (Å²) in [4.78, 5) is 39.2. The predicted molar refractivity (Wildman–Crippen MR) is 95.7 cm³/mol. The van der Waals surface area contributed by atoms with E-state index in [1.165, 1.54) is 4.90 Å². The highest BCUT2D eigenvalue weighted by atomic mass is 16.5. The lowest BCUT2D eigenvalue weighted by molar-refractivity contribution is -0.122. The van der Waals surface area contributed by atoms with E-state index in [0.29, 0.717) is 17.8 Å². The topological polar surface area (TPSA) is 75.7 Å². The maximum Gasteiger partial charge on any atom is 0.251 e. The molecule has 138 valence electrons. The van der Waals surface area contributed by atoms with Gasteiger partial charge in [0.05, 0.1) is 23.6 Å². The number of carbonyl (C=O) groups excluding carboxylic acids is 3. The van der Waals surface area contributed by atoms with Crippen molar-refractivity contribution in [2.24, 2.45) is 11.8 Å². The Balaban J connectivity index is 1.49. The van der Waals surface area contributed by atoms with Crippen LogP contribution in [0.5, 0.6) is 0 Å². The molecule has 3 aliphatic rings. The number of imide groups is 1. The molecule has 1 aliphatic carbocycles. The molecule has 1 aromatic rings. The molecule has 0 aromatic heterocycles. The molecule has 0 radical (unpaired) electrons. The molecule has 3 atom stereocenters. The van der Waals surface area contributed by atoms with Crippen molar-refractivity contribution in [2.45, 2.75) is 44.6 Å². The van der Waals surface area contributed by atoms with E-state index in [1.807, 2.05) is 0 Å². The minimum Gasteiger partial charge on any atom is -0.376 e. The number of hydrogen-bond donors (Lipinski definition) is 1. The van der Waals surface area contributed by atoms with Crippen LogP contribution in [0.1, 0.15) is 48.9 Å². The number of benzene rings is 1. The minimum atomic E-state index is -0.209. The maximum atomic E-state index is 12.7. The molecule has 6 heteroatoms. The van der Waals surface area contributed by atoms with Gasteiger partial charge in [0.15, 0.2) is 0 Å². The number of anilines is 1. The van der Waals surface area contributed by atoms with E-state index >= 15 is 0 Å². The molecule has 1 aromatic carbocycles. The van der Waals surface area contributed by atoms with E-state index in [-0.39, 0.29) is 35.7 Å². The zero-order valence-electron chi connectivity index (χ0n) is 14.8. The molecule has 0 bridgehead atoms. The maximum absolute atomic E-state index is 12.7. The Morgan fingerprint density at radius 2 is 1.81 bits per heavy atom. The van der Waals surface area contributed by atoms with E-state index < -0.39 is 0 Å². The summed E-state index contributed by atoms with van der Waals surface area (Å²) >= 11 is 0. The van der Waals surface area contributed by atoms with Crippen LogP contribution in [0, 0.1) is 11.8 Å². The van der Waals surface area contributed by atoms with Crippen molar-refractivity contribution in [1.82, 2.24) is 5.32 Å². The number of nitrogens with zero attached hydrogens (tertiary/aromatic N) is 1. The average Bonchev–Trinajstić information content (AvgIpc) is 3.27. The summed E-state index contributed by atoms with van der Waals surface area (Å²) in [5, 5.41) is 2.88. The number of hydrogen-bond acceptors (Lipinski definition) is 4. The summed E-state index contributed by atoms with van der Waals surface area (Å²) in [5.41, 5.74) is 0.954. The van der Waals surface area contributed by atoms with Gasteiger partial charge in [0.1, 0.15) is 0 Å². The molecule has 3 amide bonds. The number of nitrogens with one attached hydrogen (secondary N) is 1. The number of rotatable bonds is 4. The predicted octanol–water partition coefficient (Wildman–Crippen LogP) is 2.28. The third kappa shape index (κ3) is 3.14. The molecule has 0 spiro atoms. The summed E-state index contributed by atoms with van der Waals surface area (Å²) in [7, 11) is 0. The number of carbonyl (C=O) groups is 3. The van der Waals surface area contributed by atoms with Crippen molar-refractivity contribution in [3.63, 3.8) is 0 Å². The molecule has 2 saturated heterocycles. The summed E-state index contributed by atoms with van der Waals surface area (Å²) in [5.74, 6) is -0.811. The molecule has 1 N–H and O–H groups in total. The van der Waals surface area contributed by atoms with E-state index in [4.69, 9.17) is 4.74 Å². The Hall–Kier alpha value is -2.21. The average molecular weight is 356 g/mol. The van der Waals surface area contributed by atoms with Crippen LogP contribution in [0.15, 0.2) is 24.3 Å². The van der Waals surface area contributed by atoms with Gasteiger partial charge in [-0.1, -0.05) is 18.9 Å². The van der Waals surface area contributed by atoms with Gasteiger partial charge in [0.2, 0.25) is 11.8 Å². The zero-order valence-corrected chi connectivity index (χ0v) is 14.8. The molecule has 6 nitrogen and oxygen atoms in total. The molecule has 1 saturated carbocycles. The van der Waals surface area contributed by atoms with Crippen LogP contribution >= 0.6 is 0 Å². The lowest BCUT2D eigenvalue weighted by atomic mass is 9.81. The molecule has 3 fully saturated rings. The lowest BCUT2D eigenvalue weighted by Crippen LogP contribution is -2.33. The molecule has 0 unspecified atom stereocenters. The SMILES string of the molecule is O=C(NC[C@@H]1CCCO1)c1cccc(N2C(=O)[C@H]3CCCC[C@H]3C2=O)c1. The van der Waals surface area contributed by atoms with Crippen LogP contribution < -0.4 is 10.2 Å². The lowest BCUT2D eigenvalue weighted by Gasteiger charge is -2.19. The minimum absolute atomic E-state index is 0.0759. The largest absolute Gasteiger partial charge is 0.376 e. The van der Waals surface area contributed by atoms with Gasteiger partial charge in [-0.25, -0.2) is 0 Å². The first-order valence-corrected chi connectivity index (χ1v) is 9.53. The highest BCUT2D eigenvalue weighted by Gasteiger charge is 2.48. The molecular formula is C20H24N2O4. The van der Waals surface area contributed by atoms with E-state index in [1.54, 1.807) is 24.3 Å². The van der Waals surface area contributed by atoms with E-state index in [0.717, 1.165) is 45.1 Å². The van der Waals surface area contributed by atoms with Crippen molar-refractivity contribution in [2.75, 3.05) is 18.1 Å². The van der Waals surface area contributed by atoms with Crippen LogP contribution in [-0.4, -0.2) is 37.0 Å². The second kappa shape index (κ2) is 7.19. The molecule has 2 heterocycles. The first kappa shape index (κ1) is 17.2. The quantitative estimate of drug-likeness (QED) is 0.840. The van der Waals surface area contributed by atoms with Gasteiger partial charge in [-0.3, -0.25) is 19.3 Å². The second-order valence-electron chi connectivity index (χ2n) is 7.40. The van der Waals surface area contributed by atoms with Gasteiger partial charge in [-0.05, 0) is 43.9 Å². The van der Waals surface area contributed by atoms with Gasteiger partial charge < -0.3 is 10.1 Å². The summed E-state index contributed by atoms with van der Waals surface area (Å²) in [6, 6.07) is 6.78. The zero-order chi connectivity index (χ0) is 18.1. The fourth-order valence-electron chi connectivity index (χ4n) is 4.32. The smallest absolute Gasteiger partial charge is 0.251 e. The Labute approximate surface area is 152 Å². The second-order valence-corrected chi connectivity index (χ2v) is 7.40. The normalized spacial score (nSPS) is 28.3. The fraction of sp³-hybridized carbons (Fsp3) is 0.550. The number of amides is 3. The monoisotopic (exact) mass is 356 g/mol. The van der Waals surface area contributed by atoms with Crippen molar-refractivity contribution in [1.29, 1.82) is 0 Å². The van der Waals surface area contributed by atoms with Crippen LogP contribution in [0.2, 0.25) is 0 Å². The van der Waals surface area contributed by atoms with Gasteiger partial charge in [-0.15, -0.1) is 0 Å². The Morgan fingerprint density at radius 3 is 2.46 bits per heavy atom. The van der Waals surface area contributed by atoms with Crippen LogP contribution in [-0.2, 0) is 14.3 Å². The van der Waals surface area contributed by atoms with Crippen LogP contribution in [0.25, 0.3) is 0 Å². The van der Waals surface area contributed by atoms with E-state index in [9.17, 15) is 14.4 Å². The summed E-state index contributed by atoms with van der Waals surface area (Å²) in [6.07, 6.45) is 5.63. The van der Waals surface area contributed by atoms with Crippen molar-refractivity contribution >= 4 is 23.4 Å². The highest BCUT2D eigenvalue weighted by molar-refractivity contribution is 6.22. The Kier molecular flexibility index (Phi) is 4.76. The van der Waals surface area contributed by atoms with Gasteiger partial charge >= 0.3 is 0 Å². The van der Waals surface area contributed by atoms with Crippen LogP contribution in [0.3, 0.4) is 0 Å². The van der Waals surface area contributed by atoms with Crippen molar-refractivity contribution in [3.8, 4) is 0 Å². The van der Waals surface area contributed by atoms with Gasteiger partial charge in [-0.2, -0.15) is 0 Å². The van der Waals surface area contributed by atoms with Crippen molar-refractivity contribution in [3.05, 3.63) is 29.8 Å². The summed E-state index contributed by atoms with van der Waals surface area (Å²) < 4.78 is 5.51. The van der Waals surface area contributed by atoms with Crippen LogP contribution in [0.4, 0.5) is 5.69 Å². The third-order valence-corrected chi connectivity index (χ3v) is 5.72. The van der Waals surface area contributed by atoms with Crippen molar-refractivity contribution < 1.29 is 19.1 Å². The van der Waals surface area contributed by atoms with Gasteiger partial charge in [0.25, 0.3) is 5.91 Å². The fourth-order valence-corrected chi connectivity index (χ4v) is 4.32. The Bertz CT molecular complexity index is 702. The molecule has 26 heavy (non-hydrogen) atoms. The molecule has 2 aliphatic heterocycles. The summed E-state index contributed by atoms with van der Waals surface area (Å²) in [6.45, 7) is 1.23. The first-order valence-electron chi connectivity index (χ1n) is 9.53. The van der Waals surface area contributed by atoms with Gasteiger partial charge in [0, 0.05) is 18.7 Å². The van der Waals surface area contributed by atoms with E-state index in [2.05, 4.69) is 5.32 Å². The number of ether oxygens (including phenoxy) is 1. The number of fused-ring (bicyclic) bond motifs is 1. The molecule has 4 rings (SSSR count). The third-order valence-electron chi connectivity index (χ3n) is 5.72. The highest BCUT2D eigenvalue weighted by Crippen LogP contribution is 2.40. The first-order chi connectivity index (χ1) is 12.6.